The molecule has 0 aliphatic heterocycles. The number of fused-ring (bicyclic) bond motifs is 1. The minimum absolute atomic E-state index is 0.249. The molecule has 0 unspecified atom stereocenters. The predicted octanol–water partition coefficient (Wildman–Crippen LogP) is 4.34. The van der Waals surface area contributed by atoms with Gasteiger partial charge in [-0.15, -0.1) is 0 Å². The van der Waals surface area contributed by atoms with Crippen molar-refractivity contribution in [3.05, 3.63) is 114 Å². The maximum absolute atomic E-state index is 13.2. The van der Waals surface area contributed by atoms with Crippen molar-refractivity contribution in [3.8, 4) is 5.69 Å². The molecular formula is C25H20FN5O. The van der Waals surface area contributed by atoms with Crippen LogP contribution in [-0.4, -0.2) is 25.0 Å². The van der Waals surface area contributed by atoms with Gasteiger partial charge in [0.15, 0.2) is 0 Å². The van der Waals surface area contributed by atoms with Crippen molar-refractivity contribution in [2.75, 3.05) is 0 Å². The molecule has 2 heterocycles. The number of imidazole rings is 2. The minimum atomic E-state index is -0.329. The molecule has 32 heavy (non-hydrogen) atoms. The summed E-state index contributed by atoms with van der Waals surface area (Å²) >= 11 is 0. The molecule has 5 aromatic rings. The van der Waals surface area contributed by atoms with Gasteiger partial charge in [0.05, 0.1) is 29.9 Å². The first-order chi connectivity index (χ1) is 15.7. The number of nitrogens with zero attached hydrogens (tertiary/aromatic N) is 4. The SMILES string of the molecule is O=C(NCc1ccc(Cn2cnc3ccccc32)cc1)c1cncn1-c1ccc(F)cc1. The lowest BCUT2D eigenvalue weighted by molar-refractivity contribution is 0.0944. The highest BCUT2D eigenvalue weighted by molar-refractivity contribution is 5.93. The molecule has 3 aromatic carbocycles. The van der Waals surface area contributed by atoms with Crippen LogP contribution >= 0.6 is 0 Å². The van der Waals surface area contributed by atoms with Gasteiger partial charge in [0, 0.05) is 18.8 Å². The predicted molar refractivity (Wildman–Crippen MR) is 120 cm³/mol. The van der Waals surface area contributed by atoms with E-state index in [0.717, 1.165) is 28.7 Å². The first-order valence-corrected chi connectivity index (χ1v) is 10.2. The molecule has 0 saturated heterocycles. The standard InChI is InChI=1S/C25H20FN5O/c26-20-9-11-21(12-10-20)31-16-27-14-24(31)25(32)28-13-18-5-7-19(8-6-18)15-30-17-29-22-3-1-2-4-23(22)30/h1-12,14,16-17H,13,15H2,(H,28,32). The molecular weight excluding hydrogens is 405 g/mol. The van der Waals surface area contributed by atoms with Gasteiger partial charge >= 0.3 is 0 Å². The fourth-order valence-electron chi connectivity index (χ4n) is 3.64. The first kappa shape index (κ1) is 19.7. The van der Waals surface area contributed by atoms with Gasteiger partial charge in [-0.3, -0.25) is 9.36 Å². The second kappa shape index (κ2) is 8.47. The van der Waals surface area contributed by atoms with E-state index in [9.17, 15) is 9.18 Å². The van der Waals surface area contributed by atoms with Crippen LogP contribution in [0.25, 0.3) is 16.7 Å². The van der Waals surface area contributed by atoms with Crippen LogP contribution in [0, 0.1) is 5.82 Å². The average Bonchev–Trinajstić information content (AvgIpc) is 3.47. The Labute approximate surface area is 184 Å². The molecule has 1 amide bonds. The summed E-state index contributed by atoms with van der Waals surface area (Å²) in [4.78, 5) is 21.2. The third-order valence-corrected chi connectivity index (χ3v) is 5.33. The third kappa shape index (κ3) is 4.00. The first-order valence-electron chi connectivity index (χ1n) is 10.2. The fourth-order valence-corrected chi connectivity index (χ4v) is 3.64. The largest absolute Gasteiger partial charge is 0.347 e. The summed E-state index contributed by atoms with van der Waals surface area (Å²) in [6.07, 6.45) is 4.89. The Morgan fingerprint density at radius 3 is 2.47 bits per heavy atom. The zero-order chi connectivity index (χ0) is 21.9. The highest BCUT2D eigenvalue weighted by atomic mass is 19.1. The van der Waals surface area contributed by atoms with Crippen molar-refractivity contribution in [2.24, 2.45) is 0 Å². The molecule has 6 nitrogen and oxygen atoms in total. The number of para-hydroxylation sites is 2. The van der Waals surface area contributed by atoms with Crippen LogP contribution in [0.5, 0.6) is 0 Å². The second-order valence-corrected chi connectivity index (χ2v) is 7.49. The van der Waals surface area contributed by atoms with Gasteiger partial charge in [-0.1, -0.05) is 36.4 Å². The molecule has 0 atom stereocenters. The van der Waals surface area contributed by atoms with E-state index in [2.05, 4.69) is 38.1 Å². The number of hydrogen-bond donors (Lipinski definition) is 1. The number of aromatic nitrogens is 4. The van der Waals surface area contributed by atoms with Crippen molar-refractivity contribution in [1.29, 1.82) is 0 Å². The van der Waals surface area contributed by atoms with Crippen LogP contribution < -0.4 is 5.32 Å². The van der Waals surface area contributed by atoms with Gasteiger partial charge in [0.1, 0.15) is 11.5 Å². The van der Waals surface area contributed by atoms with E-state index in [-0.39, 0.29) is 11.7 Å². The van der Waals surface area contributed by atoms with E-state index >= 15 is 0 Å². The summed E-state index contributed by atoms with van der Waals surface area (Å²) in [6.45, 7) is 1.12. The lowest BCUT2D eigenvalue weighted by Crippen LogP contribution is -2.25. The molecule has 0 saturated carbocycles. The normalized spacial score (nSPS) is 11.0. The van der Waals surface area contributed by atoms with Gasteiger partial charge < -0.3 is 9.88 Å². The Morgan fingerprint density at radius 1 is 0.906 bits per heavy atom. The summed E-state index contributed by atoms with van der Waals surface area (Å²) in [5.74, 6) is -0.578. The van der Waals surface area contributed by atoms with Crippen LogP contribution in [0.15, 0.2) is 91.6 Å². The lowest BCUT2D eigenvalue weighted by atomic mass is 10.1. The van der Waals surface area contributed by atoms with E-state index in [0.29, 0.717) is 17.9 Å². The highest BCUT2D eigenvalue weighted by Gasteiger charge is 2.13. The van der Waals surface area contributed by atoms with Gasteiger partial charge in [0.25, 0.3) is 5.91 Å². The summed E-state index contributed by atoms with van der Waals surface area (Å²) in [5, 5.41) is 2.92. The fraction of sp³-hybridized carbons (Fsp3) is 0.0800. The van der Waals surface area contributed by atoms with Crippen molar-refractivity contribution >= 4 is 16.9 Å². The molecule has 5 rings (SSSR count). The summed E-state index contributed by atoms with van der Waals surface area (Å²) in [7, 11) is 0. The molecule has 158 valence electrons. The van der Waals surface area contributed by atoms with Gasteiger partial charge in [-0.05, 0) is 47.5 Å². The van der Waals surface area contributed by atoms with E-state index in [1.165, 1.54) is 24.7 Å². The molecule has 7 heteroatoms. The zero-order valence-corrected chi connectivity index (χ0v) is 17.1. The maximum atomic E-state index is 13.2. The quantitative estimate of drug-likeness (QED) is 0.440. The van der Waals surface area contributed by atoms with Crippen LogP contribution in [-0.2, 0) is 13.1 Å². The summed E-state index contributed by atoms with van der Waals surface area (Å²) < 4.78 is 16.9. The van der Waals surface area contributed by atoms with E-state index in [4.69, 9.17) is 0 Å². The van der Waals surface area contributed by atoms with E-state index in [1.54, 1.807) is 16.7 Å². The number of nitrogens with one attached hydrogen (secondary N) is 1. The Bertz CT molecular complexity index is 1370. The second-order valence-electron chi connectivity index (χ2n) is 7.49. The smallest absolute Gasteiger partial charge is 0.270 e. The van der Waals surface area contributed by atoms with Crippen molar-refractivity contribution < 1.29 is 9.18 Å². The van der Waals surface area contributed by atoms with Crippen LogP contribution in [0.3, 0.4) is 0 Å². The zero-order valence-electron chi connectivity index (χ0n) is 17.1. The number of halogens is 1. The Morgan fingerprint density at radius 2 is 1.66 bits per heavy atom. The molecule has 0 aliphatic carbocycles. The van der Waals surface area contributed by atoms with Crippen LogP contribution in [0.1, 0.15) is 21.6 Å². The number of benzene rings is 3. The number of amides is 1. The molecule has 1 N–H and O–H groups in total. The van der Waals surface area contributed by atoms with Gasteiger partial charge in [-0.25, -0.2) is 14.4 Å². The van der Waals surface area contributed by atoms with E-state index < -0.39 is 0 Å². The Balaban J connectivity index is 1.24. The molecule has 0 radical (unpaired) electrons. The van der Waals surface area contributed by atoms with Crippen LogP contribution in [0.2, 0.25) is 0 Å². The molecule has 2 aromatic heterocycles. The number of carbonyl (C=O) groups is 1. The molecule has 0 bridgehead atoms. The maximum Gasteiger partial charge on any atom is 0.270 e. The van der Waals surface area contributed by atoms with Gasteiger partial charge in [-0.2, -0.15) is 0 Å². The highest BCUT2D eigenvalue weighted by Crippen LogP contribution is 2.15. The van der Waals surface area contributed by atoms with Crippen molar-refractivity contribution in [1.82, 2.24) is 24.4 Å². The minimum Gasteiger partial charge on any atom is -0.347 e. The molecule has 0 spiro atoms. The third-order valence-electron chi connectivity index (χ3n) is 5.33. The Hall–Kier alpha value is -4.26. The molecule has 0 fully saturated rings. The Kier molecular flexibility index (Phi) is 5.21. The van der Waals surface area contributed by atoms with Crippen molar-refractivity contribution in [3.63, 3.8) is 0 Å². The number of carbonyl (C=O) groups excluding carboxylic acids is 1. The number of hydrogen-bond acceptors (Lipinski definition) is 3. The topological polar surface area (TPSA) is 64.7 Å². The van der Waals surface area contributed by atoms with Crippen molar-refractivity contribution in [2.45, 2.75) is 13.1 Å². The van der Waals surface area contributed by atoms with E-state index in [1.807, 2.05) is 36.7 Å². The molecule has 0 aliphatic rings. The van der Waals surface area contributed by atoms with Gasteiger partial charge in [0.2, 0.25) is 0 Å². The number of rotatable bonds is 6. The lowest BCUT2D eigenvalue weighted by Gasteiger charge is -2.10. The average molecular weight is 425 g/mol. The summed E-state index contributed by atoms with van der Waals surface area (Å²) in [5.41, 5.74) is 5.28. The van der Waals surface area contributed by atoms with Crippen LogP contribution in [0.4, 0.5) is 4.39 Å². The summed E-state index contributed by atoms with van der Waals surface area (Å²) in [6, 6.07) is 22.1. The monoisotopic (exact) mass is 425 g/mol.